The Morgan fingerprint density at radius 1 is 1.04 bits per heavy atom. The van der Waals surface area contributed by atoms with Crippen molar-refractivity contribution < 1.29 is 13.9 Å². The molecule has 4 heteroatoms. The zero-order chi connectivity index (χ0) is 18.6. The van der Waals surface area contributed by atoms with E-state index in [4.69, 9.17) is 4.74 Å². The number of rotatable bonds is 5. The highest BCUT2D eigenvalue weighted by Crippen LogP contribution is 2.23. The molecule has 138 valence electrons. The van der Waals surface area contributed by atoms with Crippen molar-refractivity contribution >= 4 is 16.7 Å². The molecule has 1 atom stereocenters. The quantitative estimate of drug-likeness (QED) is 0.652. The van der Waals surface area contributed by atoms with Gasteiger partial charge in [-0.15, -0.1) is 0 Å². The number of amides is 1. The first kappa shape index (κ1) is 17.7. The number of carbonyl (C=O) groups excluding carboxylic acids is 1. The lowest BCUT2D eigenvalue weighted by atomic mass is 10.0. The molecule has 4 rings (SSSR count). The highest BCUT2D eigenvalue weighted by Gasteiger charge is 2.25. The summed E-state index contributed by atoms with van der Waals surface area (Å²) in [6, 6.07) is 20.2. The van der Waals surface area contributed by atoms with Gasteiger partial charge < -0.3 is 9.64 Å². The Labute approximate surface area is 158 Å². The van der Waals surface area contributed by atoms with Crippen molar-refractivity contribution in [3.05, 3.63) is 83.7 Å². The fourth-order valence-electron chi connectivity index (χ4n) is 3.67. The van der Waals surface area contributed by atoms with Gasteiger partial charge in [0.15, 0.2) is 0 Å². The van der Waals surface area contributed by atoms with E-state index >= 15 is 0 Å². The average molecular weight is 363 g/mol. The van der Waals surface area contributed by atoms with E-state index in [1.807, 2.05) is 42.5 Å². The van der Waals surface area contributed by atoms with Crippen LogP contribution in [0.3, 0.4) is 0 Å². The highest BCUT2D eigenvalue weighted by molar-refractivity contribution is 6.07. The molecule has 0 aromatic heterocycles. The second kappa shape index (κ2) is 7.89. The molecule has 0 spiro atoms. The largest absolute Gasteiger partial charge is 0.376 e. The van der Waals surface area contributed by atoms with E-state index in [1.54, 1.807) is 23.1 Å². The van der Waals surface area contributed by atoms with Crippen molar-refractivity contribution in [3.8, 4) is 0 Å². The van der Waals surface area contributed by atoms with Crippen LogP contribution in [-0.2, 0) is 11.3 Å². The van der Waals surface area contributed by atoms with Gasteiger partial charge in [0, 0.05) is 30.8 Å². The summed E-state index contributed by atoms with van der Waals surface area (Å²) in [4.78, 5) is 15.1. The van der Waals surface area contributed by atoms with E-state index in [-0.39, 0.29) is 24.4 Å². The van der Waals surface area contributed by atoms with Gasteiger partial charge in [0.05, 0.1) is 6.10 Å². The number of fused-ring (bicyclic) bond motifs is 1. The van der Waals surface area contributed by atoms with Crippen LogP contribution in [0.25, 0.3) is 10.8 Å². The summed E-state index contributed by atoms with van der Waals surface area (Å²) in [5, 5.41) is 1.93. The topological polar surface area (TPSA) is 29.5 Å². The molecule has 3 aromatic carbocycles. The third-order valence-electron chi connectivity index (χ3n) is 5.07. The van der Waals surface area contributed by atoms with Crippen molar-refractivity contribution in [2.45, 2.75) is 25.5 Å². The minimum atomic E-state index is -0.291. The Morgan fingerprint density at radius 2 is 1.81 bits per heavy atom. The Bertz CT molecular complexity index is 945. The van der Waals surface area contributed by atoms with Crippen LogP contribution in [-0.4, -0.2) is 30.1 Å². The van der Waals surface area contributed by atoms with E-state index in [0.717, 1.165) is 30.2 Å². The second-order valence-electron chi connectivity index (χ2n) is 6.94. The van der Waals surface area contributed by atoms with Crippen LogP contribution in [0.5, 0.6) is 0 Å². The standard InChI is InChI=1S/C23H22FNO2/c24-22-13-4-2-8-18(22)15-25(16-19-10-6-14-27-19)23(26)21-12-5-9-17-7-1-3-11-20(17)21/h1-5,7-9,11-13,19H,6,10,14-16H2. The summed E-state index contributed by atoms with van der Waals surface area (Å²) < 4.78 is 20.0. The number of hydrogen-bond donors (Lipinski definition) is 0. The van der Waals surface area contributed by atoms with Gasteiger partial charge in [-0.2, -0.15) is 0 Å². The minimum Gasteiger partial charge on any atom is -0.376 e. The molecule has 1 amide bonds. The summed E-state index contributed by atoms with van der Waals surface area (Å²) >= 11 is 0. The molecule has 0 aliphatic carbocycles. The molecule has 0 saturated carbocycles. The Morgan fingerprint density at radius 3 is 2.63 bits per heavy atom. The smallest absolute Gasteiger partial charge is 0.254 e. The van der Waals surface area contributed by atoms with Crippen molar-refractivity contribution in [3.63, 3.8) is 0 Å². The van der Waals surface area contributed by atoms with Gasteiger partial charge in [0.1, 0.15) is 5.82 Å². The van der Waals surface area contributed by atoms with Crippen LogP contribution in [0, 0.1) is 5.82 Å². The molecule has 3 nitrogen and oxygen atoms in total. The van der Waals surface area contributed by atoms with Crippen LogP contribution < -0.4 is 0 Å². The molecule has 1 aliphatic rings. The maximum absolute atomic E-state index is 14.2. The minimum absolute atomic E-state index is 0.00991. The van der Waals surface area contributed by atoms with Gasteiger partial charge >= 0.3 is 0 Å². The zero-order valence-corrected chi connectivity index (χ0v) is 15.1. The maximum Gasteiger partial charge on any atom is 0.254 e. The summed E-state index contributed by atoms with van der Waals surface area (Å²) in [5.41, 5.74) is 1.16. The van der Waals surface area contributed by atoms with Gasteiger partial charge in [-0.25, -0.2) is 4.39 Å². The first-order chi connectivity index (χ1) is 13.2. The molecule has 0 N–H and O–H groups in total. The Balaban J connectivity index is 1.68. The molecule has 1 heterocycles. The van der Waals surface area contributed by atoms with Gasteiger partial charge in [-0.1, -0.05) is 54.6 Å². The van der Waals surface area contributed by atoms with Gasteiger partial charge in [-0.3, -0.25) is 4.79 Å². The number of ether oxygens (including phenoxy) is 1. The number of nitrogens with zero attached hydrogens (tertiary/aromatic N) is 1. The maximum atomic E-state index is 14.2. The SMILES string of the molecule is O=C(c1cccc2ccccc12)N(Cc1ccccc1F)CC1CCCO1. The predicted octanol–water partition coefficient (Wildman–Crippen LogP) is 4.80. The molecule has 27 heavy (non-hydrogen) atoms. The summed E-state index contributed by atoms with van der Waals surface area (Å²) in [5.74, 6) is -0.383. The van der Waals surface area contributed by atoms with Crippen LogP contribution in [0.15, 0.2) is 66.7 Å². The summed E-state index contributed by atoms with van der Waals surface area (Å²) in [6.07, 6.45) is 1.94. The van der Waals surface area contributed by atoms with E-state index < -0.39 is 0 Å². The molecule has 3 aromatic rings. The molecular formula is C23H22FNO2. The Hall–Kier alpha value is -2.72. The summed E-state index contributed by atoms with van der Waals surface area (Å²) in [6.45, 7) is 1.42. The van der Waals surface area contributed by atoms with Crippen molar-refractivity contribution in [2.24, 2.45) is 0 Å². The highest BCUT2D eigenvalue weighted by atomic mass is 19.1. The monoisotopic (exact) mass is 363 g/mol. The molecule has 1 saturated heterocycles. The fraction of sp³-hybridized carbons (Fsp3) is 0.261. The van der Waals surface area contributed by atoms with Crippen LogP contribution in [0.2, 0.25) is 0 Å². The van der Waals surface area contributed by atoms with Crippen LogP contribution in [0.1, 0.15) is 28.8 Å². The molecule has 0 bridgehead atoms. The lowest BCUT2D eigenvalue weighted by Gasteiger charge is -2.26. The molecule has 1 unspecified atom stereocenters. The molecule has 1 fully saturated rings. The van der Waals surface area contributed by atoms with Crippen LogP contribution >= 0.6 is 0 Å². The second-order valence-corrected chi connectivity index (χ2v) is 6.94. The van der Waals surface area contributed by atoms with Crippen molar-refractivity contribution in [2.75, 3.05) is 13.2 Å². The third-order valence-corrected chi connectivity index (χ3v) is 5.07. The number of benzene rings is 3. The Kier molecular flexibility index (Phi) is 5.16. The van der Waals surface area contributed by atoms with Crippen molar-refractivity contribution in [1.29, 1.82) is 0 Å². The average Bonchev–Trinajstić information content (AvgIpc) is 3.21. The van der Waals surface area contributed by atoms with Gasteiger partial charge in [-0.05, 0) is 35.7 Å². The predicted molar refractivity (Wildman–Crippen MR) is 104 cm³/mol. The molecule has 0 radical (unpaired) electrons. The van der Waals surface area contributed by atoms with E-state index in [0.29, 0.717) is 17.7 Å². The van der Waals surface area contributed by atoms with E-state index in [2.05, 4.69) is 0 Å². The lowest BCUT2D eigenvalue weighted by molar-refractivity contribution is 0.0506. The van der Waals surface area contributed by atoms with E-state index in [9.17, 15) is 9.18 Å². The lowest BCUT2D eigenvalue weighted by Crippen LogP contribution is -2.37. The van der Waals surface area contributed by atoms with Gasteiger partial charge in [0.2, 0.25) is 0 Å². The fourth-order valence-corrected chi connectivity index (χ4v) is 3.67. The van der Waals surface area contributed by atoms with Gasteiger partial charge in [0.25, 0.3) is 5.91 Å². The first-order valence-electron chi connectivity index (χ1n) is 9.34. The number of hydrogen-bond acceptors (Lipinski definition) is 2. The third kappa shape index (κ3) is 3.86. The van der Waals surface area contributed by atoms with E-state index in [1.165, 1.54) is 6.07 Å². The zero-order valence-electron chi connectivity index (χ0n) is 15.1. The summed E-state index contributed by atoms with van der Waals surface area (Å²) in [7, 11) is 0. The molecular weight excluding hydrogens is 341 g/mol. The first-order valence-corrected chi connectivity index (χ1v) is 9.34. The molecule has 1 aliphatic heterocycles. The van der Waals surface area contributed by atoms with Crippen LogP contribution in [0.4, 0.5) is 4.39 Å². The van der Waals surface area contributed by atoms with Crippen molar-refractivity contribution in [1.82, 2.24) is 4.90 Å². The number of carbonyl (C=O) groups is 1. The normalized spacial score (nSPS) is 16.6. The number of halogens is 1.